The monoisotopic (exact) mass is 640 g/mol. The van der Waals surface area contributed by atoms with E-state index in [9.17, 15) is 20.1 Å². The van der Waals surface area contributed by atoms with E-state index in [4.69, 9.17) is 9.84 Å². The second-order valence-electron chi connectivity index (χ2n) is 13.6. The number of hydrogen-bond donors (Lipinski definition) is 5. The Morgan fingerprint density at radius 2 is 0.933 bits per heavy atom. The lowest BCUT2D eigenvalue weighted by molar-refractivity contribution is -0.253. The van der Waals surface area contributed by atoms with Crippen molar-refractivity contribution < 1.29 is 30.0 Å². The molecule has 266 valence electrons. The van der Waals surface area contributed by atoms with Crippen molar-refractivity contribution in [2.75, 3.05) is 6.61 Å². The molecule has 0 aliphatic carbocycles. The van der Waals surface area contributed by atoms with Gasteiger partial charge in [-0.25, -0.2) is 0 Å². The van der Waals surface area contributed by atoms with Crippen LogP contribution in [0.25, 0.3) is 0 Å². The second kappa shape index (κ2) is 30.4. The van der Waals surface area contributed by atoms with Crippen LogP contribution in [0.1, 0.15) is 187 Å². The molecule has 5 N–H and O–H groups in total. The average Bonchev–Trinajstić information content (AvgIpc) is 3.04. The summed E-state index contributed by atoms with van der Waals surface area (Å²) in [5.41, 5.74) is 0. The van der Waals surface area contributed by atoms with Gasteiger partial charge in [-0.1, -0.05) is 180 Å². The van der Waals surface area contributed by atoms with E-state index < -0.39 is 43.2 Å². The van der Waals surface area contributed by atoms with Gasteiger partial charge in [0.1, 0.15) is 24.4 Å². The van der Waals surface area contributed by atoms with Crippen molar-refractivity contribution in [2.45, 2.75) is 217 Å². The molecule has 0 saturated carbocycles. The number of aliphatic hydroxyl groups excluding tert-OH is 4. The van der Waals surface area contributed by atoms with E-state index in [-0.39, 0.29) is 0 Å². The van der Waals surface area contributed by atoms with Gasteiger partial charge in [0.05, 0.1) is 6.61 Å². The number of nitrogens with one attached hydrogen (secondary N) is 1. The zero-order valence-electron chi connectivity index (χ0n) is 29.2. The summed E-state index contributed by atoms with van der Waals surface area (Å²) in [6.07, 6.45) is 36.0. The van der Waals surface area contributed by atoms with Crippen molar-refractivity contribution in [3.05, 3.63) is 12.2 Å². The lowest BCUT2D eigenvalue weighted by atomic mass is 9.97. The molecular formula is C38H73NO6. The Balaban J connectivity index is 1.77. The third-order valence-electron chi connectivity index (χ3n) is 9.45. The van der Waals surface area contributed by atoms with Crippen LogP contribution in [-0.2, 0) is 9.53 Å². The molecule has 0 aromatic carbocycles. The van der Waals surface area contributed by atoms with Crippen LogP contribution in [0.5, 0.6) is 0 Å². The molecular weight excluding hydrogens is 566 g/mol. The van der Waals surface area contributed by atoms with Crippen molar-refractivity contribution in [3.63, 3.8) is 0 Å². The van der Waals surface area contributed by atoms with Gasteiger partial charge in [-0.3, -0.25) is 4.79 Å². The van der Waals surface area contributed by atoms with E-state index in [0.29, 0.717) is 0 Å². The minimum atomic E-state index is -1.49. The van der Waals surface area contributed by atoms with Crippen molar-refractivity contribution >= 4 is 5.91 Å². The Bertz CT molecular complexity index is 689. The highest BCUT2D eigenvalue weighted by atomic mass is 16.6. The van der Waals surface area contributed by atoms with Gasteiger partial charge >= 0.3 is 0 Å². The number of aliphatic hydroxyl groups is 4. The molecule has 1 aliphatic rings. The number of rotatable bonds is 31. The Labute approximate surface area is 277 Å². The number of carbonyl (C=O) groups is 1. The van der Waals surface area contributed by atoms with Gasteiger partial charge in [0.2, 0.25) is 5.91 Å². The average molecular weight is 640 g/mol. The number of ether oxygens (including phenoxy) is 1. The highest BCUT2D eigenvalue weighted by molar-refractivity contribution is 5.87. The van der Waals surface area contributed by atoms with Crippen LogP contribution in [0.3, 0.4) is 0 Å². The second-order valence-corrected chi connectivity index (χ2v) is 13.6. The van der Waals surface area contributed by atoms with Crippen molar-refractivity contribution in [3.8, 4) is 0 Å². The maximum Gasteiger partial charge on any atom is 0.244 e. The summed E-state index contributed by atoms with van der Waals surface area (Å²) in [6.45, 7) is 1.76. The van der Waals surface area contributed by atoms with Crippen LogP contribution >= 0.6 is 0 Å². The highest BCUT2D eigenvalue weighted by Crippen LogP contribution is 2.20. The fourth-order valence-corrected chi connectivity index (χ4v) is 6.41. The molecule has 1 unspecified atom stereocenters. The third-order valence-corrected chi connectivity index (χ3v) is 9.45. The third kappa shape index (κ3) is 23.1. The molecule has 7 nitrogen and oxygen atoms in total. The molecule has 5 atom stereocenters. The van der Waals surface area contributed by atoms with Gasteiger partial charge < -0.3 is 30.5 Å². The van der Waals surface area contributed by atoms with Gasteiger partial charge in [0, 0.05) is 0 Å². The summed E-state index contributed by atoms with van der Waals surface area (Å²) in [6, 6.07) is -1.15. The van der Waals surface area contributed by atoms with Crippen LogP contribution in [0, 0.1) is 0 Å². The van der Waals surface area contributed by atoms with Gasteiger partial charge in [-0.15, -0.1) is 0 Å². The predicted octanol–water partition coefficient (Wildman–Crippen LogP) is 8.40. The largest absolute Gasteiger partial charge is 0.394 e. The highest BCUT2D eigenvalue weighted by Gasteiger charge is 2.44. The summed E-state index contributed by atoms with van der Waals surface area (Å²) in [4.78, 5) is 12.1. The lowest BCUT2D eigenvalue weighted by Gasteiger charge is -2.40. The summed E-state index contributed by atoms with van der Waals surface area (Å²) in [5, 5.41) is 41.6. The van der Waals surface area contributed by atoms with Crippen LogP contribution < -0.4 is 5.32 Å². The molecule has 0 aromatic heterocycles. The molecule has 0 radical (unpaired) electrons. The number of hydrogen-bond acceptors (Lipinski definition) is 6. The van der Waals surface area contributed by atoms with E-state index in [2.05, 4.69) is 12.2 Å². The van der Waals surface area contributed by atoms with Crippen molar-refractivity contribution in [2.24, 2.45) is 0 Å². The van der Waals surface area contributed by atoms with Gasteiger partial charge in [-0.2, -0.15) is 0 Å². The van der Waals surface area contributed by atoms with Gasteiger partial charge in [0.15, 0.2) is 6.29 Å². The Morgan fingerprint density at radius 1 is 0.578 bits per heavy atom. The van der Waals surface area contributed by atoms with Gasteiger partial charge in [0.25, 0.3) is 0 Å². The zero-order valence-corrected chi connectivity index (χ0v) is 29.2. The summed E-state index contributed by atoms with van der Waals surface area (Å²) in [7, 11) is 0. The standard InChI is InChI=1S/C38H73NO6/c1-2-3-4-5-6-7-8-9-10-11-12-13-14-15-16-17-18-19-20-21-22-23-24-25-26-27-28-29-30-31-34(41)39-35-37(43)36(42)33(32-40)45-38(35)44/h30-31,33,35-38,40,42-44H,2-29,32H2,1H3,(H,39,41)/t33-,35-,36-,37-,38?/m1/s1. The number of allylic oxidation sites excluding steroid dienone is 1. The first kappa shape index (κ1) is 42.0. The quantitative estimate of drug-likeness (QED) is 0.0384. The summed E-state index contributed by atoms with van der Waals surface area (Å²) >= 11 is 0. The molecule has 7 heteroatoms. The SMILES string of the molecule is CCCCCCCCCCCCCCCCCCCCCCCCCCCCCC=CC(=O)N[C@H]1C(O)O[C@H](CO)[C@@H](O)[C@@H]1O. The fraction of sp³-hybridized carbons (Fsp3) is 0.921. The first-order valence-electron chi connectivity index (χ1n) is 19.3. The molecule has 0 aromatic rings. The first-order chi connectivity index (χ1) is 22.0. The van der Waals surface area contributed by atoms with E-state index in [1.807, 2.05) is 0 Å². The maximum absolute atomic E-state index is 12.1. The van der Waals surface area contributed by atoms with Crippen molar-refractivity contribution in [1.29, 1.82) is 0 Å². The fourth-order valence-electron chi connectivity index (χ4n) is 6.41. The van der Waals surface area contributed by atoms with Crippen LogP contribution in [0.15, 0.2) is 12.2 Å². The number of unbranched alkanes of at least 4 members (excludes halogenated alkanes) is 27. The molecule has 1 fully saturated rings. The van der Waals surface area contributed by atoms with E-state index in [0.717, 1.165) is 19.3 Å². The van der Waals surface area contributed by atoms with Crippen LogP contribution in [-0.4, -0.2) is 63.6 Å². The minimum Gasteiger partial charge on any atom is -0.394 e. The first-order valence-corrected chi connectivity index (χ1v) is 19.3. The van der Waals surface area contributed by atoms with Crippen molar-refractivity contribution in [1.82, 2.24) is 5.32 Å². The van der Waals surface area contributed by atoms with Gasteiger partial charge in [-0.05, 0) is 18.9 Å². The molecule has 45 heavy (non-hydrogen) atoms. The molecule has 1 saturated heterocycles. The topological polar surface area (TPSA) is 119 Å². The molecule has 1 aliphatic heterocycles. The smallest absolute Gasteiger partial charge is 0.244 e. The summed E-state index contributed by atoms with van der Waals surface area (Å²) in [5.74, 6) is -0.457. The molecule has 1 amide bonds. The summed E-state index contributed by atoms with van der Waals surface area (Å²) < 4.78 is 5.05. The molecule has 1 rings (SSSR count). The Hall–Kier alpha value is -0.990. The molecule has 1 heterocycles. The van der Waals surface area contributed by atoms with E-state index in [1.165, 1.54) is 167 Å². The molecule has 0 bridgehead atoms. The zero-order chi connectivity index (χ0) is 32.8. The molecule has 0 spiro atoms. The predicted molar refractivity (Wildman–Crippen MR) is 186 cm³/mol. The van der Waals surface area contributed by atoms with E-state index in [1.54, 1.807) is 6.08 Å². The lowest BCUT2D eigenvalue weighted by Crippen LogP contribution is -2.64. The number of amides is 1. The number of carbonyl (C=O) groups excluding carboxylic acids is 1. The van der Waals surface area contributed by atoms with Crippen LogP contribution in [0.4, 0.5) is 0 Å². The van der Waals surface area contributed by atoms with E-state index >= 15 is 0 Å². The normalized spacial score (nSPS) is 21.9. The maximum atomic E-state index is 12.1. The Kier molecular flexibility index (Phi) is 28.3. The minimum absolute atomic E-state index is 0.457. The van der Waals surface area contributed by atoms with Crippen LogP contribution in [0.2, 0.25) is 0 Å². The Morgan fingerprint density at radius 3 is 1.29 bits per heavy atom.